The first kappa shape index (κ1) is 18.7. The van der Waals surface area contributed by atoms with Crippen LogP contribution in [0, 0.1) is 21.4 Å². The minimum Gasteiger partial charge on any atom is -0.497 e. The number of methoxy groups -OCH3 is 1. The average molecular weight is 366 g/mol. The van der Waals surface area contributed by atoms with Gasteiger partial charge in [-0.3, -0.25) is 15.0 Å². The van der Waals surface area contributed by atoms with Crippen molar-refractivity contribution in [1.82, 2.24) is 4.90 Å². The second-order valence-corrected chi connectivity index (χ2v) is 6.52. The Bertz CT molecular complexity index is 857. The SMILES string of the molecule is COc1cccc(C(CNc2cc(C#N)ccc2[N+](=O)[O-])N2CCCC2)c1. The molecule has 2 aromatic rings. The molecule has 140 valence electrons. The third kappa shape index (κ3) is 4.36. The van der Waals surface area contributed by atoms with Gasteiger partial charge in [0.1, 0.15) is 11.4 Å². The Balaban J connectivity index is 1.87. The van der Waals surface area contributed by atoms with E-state index in [1.54, 1.807) is 7.11 Å². The smallest absolute Gasteiger partial charge is 0.292 e. The molecule has 0 amide bonds. The number of nitrogens with zero attached hydrogens (tertiary/aromatic N) is 3. The molecule has 0 saturated carbocycles. The first-order chi connectivity index (χ1) is 13.1. The van der Waals surface area contributed by atoms with E-state index in [0.717, 1.165) is 37.2 Å². The molecule has 1 N–H and O–H groups in total. The van der Waals surface area contributed by atoms with Gasteiger partial charge in [0.2, 0.25) is 0 Å². The topological polar surface area (TPSA) is 91.4 Å². The number of nitrogens with one attached hydrogen (secondary N) is 1. The lowest BCUT2D eigenvalue weighted by molar-refractivity contribution is -0.384. The van der Waals surface area contributed by atoms with Gasteiger partial charge in [-0.05, 0) is 55.8 Å². The summed E-state index contributed by atoms with van der Waals surface area (Å²) in [6.07, 6.45) is 2.29. The van der Waals surface area contributed by atoms with Crippen molar-refractivity contribution >= 4 is 11.4 Å². The maximum atomic E-state index is 11.3. The van der Waals surface area contributed by atoms with Gasteiger partial charge in [-0.15, -0.1) is 0 Å². The molecule has 0 aliphatic carbocycles. The Kier molecular flexibility index (Phi) is 5.89. The van der Waals surface area contributed by atoms with Crippen molar-refractivity contribution in [2.75, 3.05) is 32.1 Å². The van der Waals surface area contributed by atoms with Crippen LogP contribution in [0.5, 0.6) is 5.75 Å². The maximum absolute atomic E-state index is 11.3. The summed E-state index contributed by atoms with van der Waals surface area (Å²) < 4.78 is 5.35. The van der Waals surface area contributed by atoms with Gasteiger partial charge in [0.15, 0.2) is 0 Å². The van der Waals surface area contributed by atoms with Crippen molar-refractivity contribution in [3.8, 4) is 11.8 Å². The van der Waals surface area contributed by atoms with E-state index >= 15 is 0 Å². The van der Waals surface area contributed by atoms with E-state index < -0.39 is 4.92 Å². The summed E-state index contributed by atoms with van der Waals surface area (Å²) in [6, 6.07) is 14.4. The van der Waals surface area contributed by atoms with E-state index in [9.17, 15) is 10.1 Å². The van der Waals surface area contributed by atoms with Gasteiger partial charge in [0.05, 0.1) is 29.7 Å². The van der Waals surface area contributed by atoms with E-state index in [2.05, 4.69) is 10.2 Å². The summed E-state index contributed by atoms with van der Waals surface area (Å²) in [5.41, 5.74) is 1.83. The lowest BCUT2D eigenvalue weighted by Crippen LogP contribution is -2.31. The fourth-order valence-electron chi connectivity index (χ4n) is 3.47. The predicted molar refractivity (Wildman–Crippen MR) is 103 cm³/mol. The van der Waals surface area contributed by atoms with Crippen molar-refractivity contribution in [1.29, 1.82) is 5.26 Å². The highest BCUT2D eigenvalue weighted by molar-refractivity contribution is 5.64. The lowest BCUT2D eigenvalue weighted by Gasteiger charge is -2.28. The second kappa shape index (κ2) is 8.52. The molecule has 0 radical (unpaired) electrons. The van der Waals surface area contributed by atoms with Crippen LogP contribution in [0.4, 0.5) is 11.4 Å². The summed E-state index contributed by atoms with van der Waals surface area (Å²) >= 11 is 0. The first-order valence-electron chi connectivity index (χ1n) is 8.93. The number of hydrogen-bond acceptors (Lipinski definition) is 6. The van der Waals surface area contributed by atoms with Gasteiger partial charge in [-0.1, -0.05) is 12.1 Å². The summed E-state index contributed by atoms with van der Waals surface area (Å²) in [6.45, 7) is 2.48. The molecule has 0 spiro atoms. The summed E-state index contributed by atoms with van der Waals surface area (Å²) in [7, 11) is 1.64. The van der Waals surface area contributed by atoms with E-state index in [4.69, 9.17) is 10.00 Å². The van der Waals surface area contributed by atoms with Crippen LogP contribution in [-0.4, -0.2) is 36.6 Å². The third-order valence-corrected chi connectivity index (χ3v) is 4.87. The van der Waals surface area contributed by atoms with E-state index in [-0.39, 0.29) is 11.7 Å². The molecule has 1 aliphatic heterocycles. The van der Waals surface area contributed by atoms with Gasteiger partial charge in [-0.25, -0.2) is 0 Å². The Morgan fingerprint density at radius 1 is 1.30 bits per heavy atom. The van der Waals surface area contributed by atoms with Gasteiger partial charge < -0.3 is 10.1 Å². The zero-order valence-corrected chi connectivity index (χ0v) is 15.2. The third-order valence-electron chi connectivity index (χ3n) is 4.87. The zero-order valence-electron chi connectivity index (χ0n) is 15.2. The van der Waals surface area contributed by atoms with Crippen LogP contribution >= 0.6 is 0 Å². The monoisotopic (exact) mass is 366 g/mol. The number of benzene rings is 2. The van der Waals surface area contributed by atoms with E-state index in [1.165, 1.54) is 18.2 Å². The number of nitro benzene ring substituents is 1. The summed E-state index contributed by atoms with van der Waals surface area (Å²) in [4.78, 5) is 13.3. The fourth-order valence-corrected chi connectivity index (χ4v) is 3.47. The molecule has 7 nitrogen and oxygen atoms in total. The Labute approximate surface area is 158 Å². The number of anilines is 1. The van der Waals surface area contributed by atoms with Crippen molar-refractivity contribution < 1.29 is 9.66 Å². The van der Waals surface area contributed by atoms with Crippen LogP contribution in [0.15, 0.2) is 42.5 Å². The van der Waals surface area contributed by atoms with Crippen molar-refractivity contribution in [2.45, 2.75) is 18.9 Å². The zero-order chi connectivity index (χ0) is 19.2. The van der Waals surface area contributed by atoms with Gasteiger partial charge >= 0.3 is 0 Å². The molecule has 1 heterocycles. The van der Waals surface area contributed by atoms with Crippen LogP contribution in [0.25, 0.3) is 0 Å². The minimum atomic E-state index is -0.431. The number of likely N-dealkylation sites (tertiary alicyclic amines) is 1. The molecule has 1 saturated heterocycles. The molecule has 3 rings (SSSR count). The molecule has 1 unspecified atom stereocenters. The molecule has 27 heavy (non-hydrogen) atoms. The van der Waals surface area contributed by atoms with Crippen molar-refractivity contribution in [3.63, 3.8) is 0 Å². The summed E-state index contributed by atoms with van der Waals surface area (Å²) in [5.74, 6) is 0.786. The van der Waals surface area contributed by atoms with Gasteiger partial charge in [0, 0.05) is 12.6 Å². The van der Waals surface area contributed by atoms with E-state index in [1.807, 2.05) is 30.3 Å². The molecule has 0 bridgehead atoms. The first-order valence-corrected chi connectivity index (χ1v) is 8.93. The standard InChI is InChI=1S/C20H22N4O3/c1-27-17-6-4-5-16(12-17)20(23-9-2-3-10-23)14-22-18-11-15(13-21)7-8-19(18)24(25)26/h4-8,11-12,20,22H,2-3,9-10,14H2,1H3. The molecule has 1 atom stereocenters. The number of rotatable bonds is 7. The van der Waals surface area contributed by atoms with E-state index in [0.29, 0.717) is 17.8 Å². The average Bonchev–Trinajstić information content (AvgIpc) is 3.22. The maximum Gasteiger partial charge on any atom is 0.292 e. The highest BCUT2D eigenvalue weighted by Gasteiger charge is 2.25. The fraction of sp³-hybridized carbons (Fsp3) is 0.350. The van der Waals surface area contributed by atoms with Crippen LogP contribution in [-0.2, 0) is 0 Å². The van der Waals surface area contributed by atoms with Crippen molar-refractivity contribution in [2.24, 2.45) is 0 Å². The largest absolute Gasteiger partial charge is 0.497 e. The normalized spacial score (nSPS) is 15.1. The molecular weight excluding hydrogens is 344 g/mol. The molecule has 1 fully saturated rings. The van der Waals surface area contributed by atoms with Crippen molar-refractivity contribution in [3.05, 3.63) is 63.7 Å². The number of nitro groups is 1. The molecular formula is C20H22N4O3. The van der Waals surface area contributed by atoms with Crippen LogP contribution < -0.4 is 10.1 Å². The summed E-state index contributed by atoms with van der Waals surface area (Å²) in [5, 5.41) is 23.6. The van der Waals surface area contributed by atoms with Crippen LogP contribution in [0.2, 0.25) is 0 Å². The number of ether oxygens (including phenoxy) is 1. The molecule has 2 aromatic carbocycles. The van der Waals surface area contributed by atoms with Gasteiger partial charge in [0.25, 0.3) is 5.69 Å². The van der Waals surface area contributed by atoms with Crippen LogP contribution in [0.3, 0.4) is 0 Å². The molecule has 1 aliphatic rings. The highest BCUT2D eigenvalue weighted by atomic mass is 16.6. The van der Waals surface area contributed by atoms with Crippen LogP contribution in [0.1, 0.15) is 30.0 Å². The number of hydrogen-bond donors (Lipinski definition) is 1. The Morgan fingerprint density at radius 2 is 2.07 bits per heavy atom. The molecule has 7 heteroatoms. The lowest BCUT2D eigenvalue weighted by atomic mass is 10.0. The second-order valence-electron chi connectivity index (χ2n) is 6.52. The Hall–Kier alpha value is -3.11. The highest BCUT2D eigenvalue weighted by Crippen LogP contribution is 2.30. The van der Waals surface area contributed by atoms with Gasteiger partial charge in [-0.2, -0.15) is 5.26 Å². The number of nitriles is 1. The minimum absolute atomic E-state index is 0.0279. The Morgan fingerprint density at radius 3 is 2.74 bits per heavy atom. The quantitative estimate of drug-likeness (QED) is 0.593. The molecule has 0 aromatic heterocycles. The predicted octanol–water partition coefficient (Wildman–Crippen LogP) is 3.72.